The Morgan fingerprint density at radius 3 is 2.62 bits per heavy atom. The highest BCUT2D eigenvalue weighted by atomic mass is 35.5. The van der Waals surface area contributed by atoms with Crippen LogP contribution in [0.1, 0.15) is 39.7 Å². The predicted octanol–water partition coefficient (Wildman–Crippen LogP) is 6.57. The summed E-state index contributed by atoms with van der Waals surface area (Å²) >= 11 is 2.57. The molecular weight excluding hydrogens is 484 g/mol. The molecule has 2 N–H and O–H groups in total. The van der Waals surface area contributed by atoms with E-state index in [0.717, 1.165) is 29.2 Å². The van der Waals surface area contributed by atoms with E-state index in [9.17, 15) is 22.4 Å². The fraction of sp³-hybridized carbons (Fsp3) is 0.273. The molecule has 2 aromatic carbocycles. The number of alkyl halides is 3. The Balaban J connectivity index is 0.00000289. The van der Waals surface area contributed by atoms with Gasteiger partial charge in [-0.15, -0.1) is 23.7 Å². The topological polar surface area (TPSA) is 55.5 Å². The maximum absolute atomic E-state index is 14.6. The average molecular weight is 503 g/mol. The summed E-state index contributed by atoms with van der Waals surface area (Å²) in [4.78, 5) is 17.6. The summed E-state index contributed by atoms with van der Waals surface area (Å²) < 4.78 is 54.0. The lowest BCUT2D eigenvalue weighted by atomic mass is 9.87. The van der Waals surface area contributed by atoms with Gasteiger partial charge in [-0.2, -0.15) is 13.2 Å². The number of fused-ring (bicyclic) bond motifs is 1. The first kappa shape index (κ1) is 24.5. The van der Waals surface area contributed by atoms with E-state index in [0.29, 0.717) is 37.7 Å². The Kier molecular flexibility index (Phi) is 6.93. The van der Waals surface area contributed by atoms with Crippen LogP contribution < -0.4 is 5.73 Å². The van der Waals surface area contributed by atoms with Crippen molar-refractivity contribution in [2.45, 2.75) is 31.5 Å². The molecular formula is C22H19ClF4N2OS2. The Morgan fingerprint density at radius 2 is 1.94 bits per heavy atom. The van der Waals surface area contributed by atoms with Crippen molar-refractivity contribution in [2.75, 3.05) is 5.75 Å². The van der Waals surface area contributed by atoms with E-state index in [2.05, 4.69) is 4.99 Å². The zero-order valence-corrected chi connectivity index (χ0v) is 19.3. The van der Waals surface area contributed by atoms with Crippen LogP contribution in [-0.2, 0) is 18.1 Å². The van der Waals surface area contributed by atoms with Crippen LogP contribution in [0.25, 0.3) is 10.1 Å². The van der Waals surface area contributed by atoms with Gasteiger partial charge in [0.15, 0.2) is 11.0 Å². The number of hydrogen-bond acceptors (Lipinski definition) is 5. The van der Waals surface area contributed by atoms with Gasteiger partial charge in [-0.05, 0) is 60.7 Å². The van der Waals surface area contributed by atoms with Crippen LogP contribution >= 0.6 is 35.5 Å². The minimum absolute atomic E-state index is 0. The molecule has 0 aliphatic carbocycles. The van der Waals surface area contributed by atoms with E-state index in [-0.39, 0.29) is 24.6 Å². The van der Waals surface area contributed by atoms with Crippen molar-refractivity contribution in [3.63, 3.8) is 0 Å². The predicted molar refractivity (Wildman–Crippen MR) is 125 cm³/mol. The number of carbonyl (C=O) groups excluding carboxylic acids is 1. The van der Waals surface area contributed by atoms with Gasteiger partial charge in [-0.3, -0.25) is 9.79 Å². The SMILES string of the molecule is C[C@@]1(c2cc(CC(=O)c3cc4cc(C(F)(F)F)ccc4s3)ccc2F)CCSC(N)=N1.Cl. The number of thiophene rings is 1. The Labute approximate surface area is 196 Å². The average Bonchev–Trinajstić information content (AvgIpc) is 3.12. The van der Waals surface area contributed by atoms with Crippen LogP contribution in [0.5, 0.6) is 0 Å². The normalized spacial score (nSPS) is 18.8. The first-order chi connectivity index (χ1) is 14.5. The highest BCUT2D eigenvalue weighted by molar-refractivity contribution is 8.13. The molecule has 0 bridgehead atoms. The standard InChI is InChI=1S/C22H18F4N2OS2.ClH/c1-21(6-7-30-20(27)28-21)15-8-12(2-4-16(15)23)9-17(29)19-11-13-10-14(22(24,25)26)3-5-18(13)31-19;/h2-5,8,10-11H,6-7,9H2,1H3,(H2,27,28);1H/t21-;/m0./s1. The van der Waals surface area contributed by atoms with Crippen LogP contribution in [0.3, 0.4) is 0 Å². The highest BCUT2D eigenvalue weighted by Crippen LogP contribution is 2.37. The second kappa shape index (κ2) is 9.03. The molecule has 32 heavy (non-hydrogen) atoms. The van der Waals surface area contributed by atoms with Gasteiger partial charge in [0.05, 0.1) is 16.0 Å². The number of rotatable bonds is 4. The van der Waals surface area contributed by atoms with Crippen LogP contribution in [0.15, 0.2) is 47.5 Å². The summed E-state index contributed by atoms with van der Waals surface area (Å²) in [5.41, 5.74) is 5.28. The first-order valence-electron chi connectivity index (χ1n) is 9.46. The summed E-state index contributed by atoms with van der Waals surface area (Å²) in [5, 5.41) is 0.776. The molecule has 170 valence electrons. The van der Waals surface area contributed by atoms with Gasteiger partial charge in [0.2, 0.25) is 0 Å². The molecule has 1 atom stereocenters. The lowest BCUT2D eigenvalue weighted by Gasteiger charge is -2.30. The highest BCUT2D eigenvalue weighted by Gasteiger charge is 2.33. The molecule has 1 aliphatic heterocycles. The van der Waals surface area contributed by atoms with E-state index in [4.69, 9.17) is 5.73 Å². The van der Waals surface area contributed by atoms with E-state index in [1.807, 2.05) is 6.92 Å². The van der Waals surface area contributed by atoms with Gasteiger partial charge in [0.25, 0.3) is 0 Å². The minimum Gasteiger partial charge on any atom is -0.379 e. The van der Waals surface area contributed by atoms with Crippen molar-refractivity contribution in [1.82, 2.24) is 0 Å². The molecule has 1 aliphatic rings. The number of nitrogens with two attached hydrogens (primary N) is 1. The smallest absolute Gasteiger partial charge is 0.379 e. The molecule has 0 unspecified atom stereocenters. The number of benzene rings is 2. The molecule has 10 heteroatoms. The molecule has 1 aromatic heterocycles. The Hall–Kier alpha value is -2.10. The molecule has 3 nitrogen and oxygen atoms in total. The largest absolute Gasteiger partial charge is 0.416 e. The fourth-order valence-electron chi connectivity index (χ4n) is 3.61. The molecule has 0 saturated carbocycles. The number of amidine groups is 1. The second-order valence-electron chi connectivity index (χ2n) is 7.60. The van der Waals surface area contributed by atoms with E-state index < -0.39 is 23.1 Å². The van der Waals surface area contributed by atoms with E-state index in [1.165, 1.54) is 30.0 Å². The van der Waals surface area contributed by atoms with Gasteiger partial charge in [-0.1, -0.05) is 17.8 Å². The Bertz CT molecular complexity index is 1210. The quantitative estimate of drug-likeness (QED) is 0.324. The molecule has 0 amide bonds. The third-order valence-corrected chi connectivity index (χ3v) is 7.24. The maximum Gasteiger partial charge on any atom is 0.416 e. The van der Waals surface area contributed by atoms with Crippen molar-refractivity contribution in [3.8, 4) is 0 Å². The van der Waals surface area contributed by atoms with Crippen LogP contribution in [0, 0.1) is 5.82 Å². The van der Waals surface area contributed by atoms with Crippen molar-refractivity contribution in [3.05, 3.63) is 69.8 Å². The fourth-order valence-corrected chi connectivity index (χ4v) is 5.56. The minimum atomic E-state index is -4.44. The molecule has 0 radical (unpaired) electrons. The van der Waals surface area contributed by atoms with Gasteiger partial charge in [0, 0.05) is 22.4 Å². The van der Waals surface area contributed by atoms with Gasteiger partial charge in [0.1, 0.15) is 5.82 Å². The summed E-state index contributed by atoms with van der Waals surface area (Å²) in [6, 6.07) is 9.40. The number of Topliss-reactive ketones (excluding diaryl/α,β-unsaturated/α-hetero) is 1. The number of ketones is 1. The number of carbonyl (C=O) groups is 1. The molecule has 0 saturated heterocycles. The van der Waals surface area contributed by atoms with Gasteiger partial charge < -0.3 is 5.73 Å². The summed E-state index contributed by atoms with van der Waals surface area (Å²) in [5.74, 6) is 0.0687. The van der Waals surface area contributed by atoms with Crippen molar-refractivity contribution in [1.29, 1.82) is 0 Å². The van der Waals surface area contributed by atoms with Crippen molar-refractivity contribution >= 4 is 56.5 Å². The lowest BCUT2D eigenvalue weighted by Crippen LogP contribution is -2.29. The number of hydrogen-bond donors (Lipinski definition) is 1. The number of nitrogens with zero attached hydrogens (tertiary/aromatic N) is 1. The van der Waals surface area contributed by atoms with Crippen LogP contribution in [-0.4, -0.2) is 16.7 Å². The zero-order valence-electron chi connectivity index (χ0n) is 16.8. The Morgan fingerprint density at radius 1 is 1.19 bits per heavy atom. The number of halogens is 5. The maximum atomic E-state index is 14.6. The third kappa shape index (κ3) is 4.94. The van der Waals surface area contributed by atoms with E-state index >= 15 is 0 Å². The molecule has 3 aromatic rings. The monoisotopic (exact) mass is 502 g/mol. The lowest BCUT2D eigenvalue weighted by molar-refractivity contribution is -0.137. The molecule has 4 rings (SSSR count). The third-order valence-electron chi connectivity index (χ3n) is 5.29. The van der Waals surface area contributed by atoms with Gasteiger partial charge >= 0.3 is 6.18 Å². The van der Waals surface area contributed by atoms with Crippen molar-refractivity contribution in [2.24, 2.45) is 10.7 Å². The molecule has 2 heterocycles. The molecule has 0 spiro atoms. The van der Waals surface area contributed by atoms with Crippen LogP contribution in [0.4, 0.5) is 17.6 Å². The number of thioether (sulfide) groups is 1. The summed E-state index contributed by atoms with van der Waals surface area (Å²) in [6.45, 7) is 1.81. The summed E-state index contributed by atoms with van der Waals surface area (Å²) in [7, 11) is 0. The zero-order chi connectivity index (χ0) is 22.4. The second-order valence-corrected chi connectivity index (χ2v) is 9.80. The van der Waals surface area contributed by atoms with Crippen molar-refractivity contribution < 1.29 is 22.4 Å². The van der Waals surface area contributed by atoms with Crippen LogP contribution in [0.2, 0.25) is 0 Å². The molecule has 0 fully saturated rings. The number of aliphatic imine (C=N–C) groups is 1. The first-order valence-corrected chi connectivity index (χ1v) is 11.3. The summed E-state index contributed by atoms with van der Waals surface area (Å²) in [6.07, 6.45) is -3.81. The van der Waals surface area contributed by atoms with Gasteiger partial charge in [-0.25, -0.2) is 4.39 Å². The van der Waals surface area contributed by atoms with E-state index in [1.54, 1.807) is 12.1 Å².